The minimum absolute atomic E-state index is 0.0290. The van der Waals surface area contributed by atoms with Gasteiger partial charge in [0.2, 0.25) is 5.91 Å². The molecule has 0 spiro atoms. The molecule has 0 saturated carbocycles. The second kappa shape index (κ2) is 5.66. The summed E-state index contributed by atoms with van der Waals surface area (Å²) in [5.74, 6) is 0.646. The maximum Gasteiger partial charge on any atom is 0.224 e. The summed E-state index contributed by atoms with van der Waals surface area (Å²) in [6.45, 7) is 13.9. The van der Waals surface area contributed by atoms with Crippen molar-refractivity contribution in [3.63, 3.8) is 0 Å². The average Bonchev–Trinajstić information content (AvgIpc) is 2.69. The Morgan fingerprint density at radius 3 is 2.39 bits per heavy atom. The van der Waals surface area contributed by atoms with Gasteiger partial charge >= 0.3 is 0 Å². The molecule has 1 amide bonds. The van der Waals surface area contributed by atoms with Crippen LogP contribution < -0.4 is 10.1 Å². The molecular weight excluding hydrogens is 290 g/mol. The van der Waals surface area contributed by atoms with Crippen molar-refractivity contribution in [2.45, 2.75) is 66.9 Å². The highest BCUT2D eigenvalue weighted by molar-refractivity contribution is 5.96. The molecule has 4 nitrogen and oxygen atoms in total. The first-order valence-electron chi connectivity index (χ1n) is 8.05. The molecule has 0 atom stereocenters. The first-order valence-corrected chi connectivity index (χ1v) is 8.05. The van der Waals surface area contributed by atoms with Crippen LogP contribution in [0.1, 0.15) is 68.1 Å². The predicted molar refractivity (Wildman–Crippen MR) is 92.4 cm³/mol. The van der Waals surface area contributed by atoms with E-state index in [1.54, 1.807) is 0 Å². The minimum atomic E-state index is -0.328. The van der Waals surface area contributed by atoms with Gasteiger partial charge in [-0.15, -0.1) is 0 Å². The highest BCUT2D eigenvalue weighted by atomic mass is 16.5. The van der Waals surface area contributed by atoms with Gasteiger partial charge in [0.25, 0.3) is 0 Å². The molecule has 1 aromatic rings. The molecule has 1 aliphatic rings. The number of anilines is 1. The van der Waals surface area contributed by atoms with Crippen LogP contribution >= 0.6 is 0 Å². The van der Waals surface area contributed by atoms with Gasteiger partial charge in [0.05, 0.1) is 5.56 Å². The zero-order valence-corrected chi connectivity index (χ0v) is 15.2. The van der Waals surface area contributed by atoms with Gasteiger partial charge in [0, 0.05) is 24.1 Å². The number of hydrogen-bond acceptors (Lipinski definition) is 3. The Bertz CT molecular complexity index is 666. The van der Waals surface area contributed by atoms with E-state index < -0.39 is 0 Å². The molecule has 0 aliphatic carbocycles. The third kappa shape index (κ3) is 3.57. The molecule has 0 fully saturated rings. The Balaban J connectivity index is 2.47. The van der Waals surface area contributed by atoms with Crippen molar-refractivity contribution >= 4 is 17.9 Å². The average molecular weight is 317 g/mol. The monoisotopic (exact) mass is 317 g/mol. The van der Waals surface area contributed by atoms with Gasteiger partial charge in [-0.1, -0.05) is 20.8 Å². The quantitative estimate of drug-likeness (QED) is 0.850. The summed E-state index contributed by atoms with van der Waals surface area (Å²) >= 11 is 0. The summed E-state index contributed by atoms with van der Waals surface area (Å²) < 4.78 is 5.97. The van der Waals surface area contributed by atoms with E-state index in [2.05, 4.69) is 5.32 Å². The number of hydrogen-bond donors (Lipinski definition) is 1. The van der Waals surface area contributed by atoms with Crippen molar-refractivity contribution in [1.82, 2.24) is 0 Å². The summed E-state index contributed by atoms with van der Waals surface area (Å²) in [7, 11) is 0. The van der Waals surface area contributed by atoms with Gasteiger partial charge < -0.3 is 10.1 Å². The van der Waals surface area contributed by atoms with Gasteiger partial charge in [0.1, 0.15) is 11.4 Å². The Kier molecular flexibility index (Phi) is 4.31. The zero-order valence-electron chi connectivity index (χ0n) is 15.2. The number of nitrogens with one attached hydrogen (secondary N) is 1. The van der Waals surface area contributed by atoms with E-state index in [-0.39, 0.29) is 16.9 Å². The second-order valence-corrected chi connectivity index (χ2v) is 8.29. The first kappa shape index (κ1) is 17.5. The Labute approximate surface area is 138 Å². The number of aldehydes is 1. The summed E-state index contributed by atoms with van der Waals surface area (Å²) in [5.41, 5.74) is 3.68. The summed E-state index contributed by atoms with van der Waals surface area (Å²) in [6, 6.07) is 0. The second-order valence-electron chi connectivity index (χ2n) is 8.29. The van der Waals surface area contributed by atoms with Gasteiger partial charge in [-0.3, -0.25) is 9.59 Å². The molecule has 0 aromatic heterocycles. The van der Waals surface area contributed by atoms with Gasteiger partial charge in [-0.2, -0.15) is 0 Å². The number of carbonyl (C=O) groups is 2. The maximum absolute atomic E-state index is 12.3. The predicted octanol–water partition coefficient (Wildman–Crippen LogP) is 4.20. The van der Waals surface area contributed by atoms with E-state index in [9.17, 15) is 9.59 Å². The van der Waals surface area contributed by atoms with E-state index in [1.807, 2.05) is 48.5 Å². The molecule has 23 heavy (non-hydrogen) atoms. The number of carbonyl (C=O) groups excluding carboxylic acids is 2. The Morgan fingerprint density at radius 2 is 1.87 bits per heavy atom. The van der Waals surface area contributed by atoms with E-state index in [4.69, 9.17) is 4.74 Å². The van der Waals surface area contributed by atoms with Crippen LogP contribution in [0.3, 0.4) is 0 Å². The van der Waals surface area contributed by atoms with Crippen LogP contribution in [0.5, 0.6) is 5.75 Å². The van der Waals surface area contributed by atoms with Gasteiger partial charge in [-0.05, 0) is 44.2 Å². The van der Waals surface area contributed by atoms with Crippen molar-refractivity contribution < 1.29 is 14.3 Å². The fraction of sp³-hybridized carbons (Fsp3) is 0.579. The van der Waals surface area contributed by atoms with Gasteiger partial charge in [-0.25, -0.2) is 0 Å². The van der Waals surface area contributed by atoms with E-state index in [0.717, 1.165) is 35.1 Å². The number of fused-ring (bicyclic) bond motifs is 1. The lowest BCUT2D eigenvalue weighted by molar-refractivity contribution is -0.117. The lowest BCUT2D eigenvalue weighted by atomic mass is 9.90. The fourth-order valence-electron chi connectivity index (χ4n) is 3.13. The number of benzene rings is 1. The number of amides is 1. The molecule has 2 rings (SSSR count). The Hall–Kier alpha value is -1.84. The summed E-state index contributed by atoms with van der Waals surface area (Å²) in [6.07, 6.45) is 1.99. The topological polar surface area (TPSA) is 55.4 Å². The summed E-state index contributed by atoms with van der Waals surface area (Å²) in [4.78, 5) is 23.9. The summed E-state index contributed by atoms with van der Waals surface area (Å²) in [5, 5.41) is 3.01. The molecule has 126 valence electrons. The zero-order chi connectivity index (χ0) is 17.6. The van der Waals surface area contributed by atoms with E-state index in [1.165, 1.54) is 0 Å². The SMILES string of the molecule is Cc1c(C=O)c2c(c(C)c1NC(=O)CC(C)(C)C)CC(C)(C)O2. The van der Waals surface area contributed by atoms with Crippen LogP contribution in [0.2, 0.25) is 0 Å². The number of rotatable bonds is 3. The lowest BCUT2D eigenvalue weighted by Gasteiger charge is -2.21. The third-order valence-electron chi connectivity index (χ3n) is 4.18. The molecular formula is C19H27NO3. The van der Waals surface area contributed by atoms with Crippen LogP contribution in [0.4, 0.5) is 5.69 Å². The van der Waals surface area contributed by atoms with E-state index >= 15 is 0 Å². The van der Waals surface area contributed by atoms with Crippen LogP contribution in [0.25, 0.3) is 0 Å². The van der Waals surface area contributed by atoms with Crippen molar-refractivity contribution in [2.75, 3.05) is 5.32 Å². The fourth-order valence-corrected chi connectivity index (χ4v) is 3.13. The number of ether oxygens (including phenoxy) is 1. The standard InChI is InChI=1S/C19H27NO3/c1-11-13-8-19(6,7)23-17(13)14(10-21)12(2)16(11)20-15(22)9-18(3,4)5/h10H,8-9H2,1-7H3,(H,20,22). The molecule has 0 unspecified atom stereocenters. The molecule has 1 heterocycles. The smallest absolute Gasteiger partial charge is 0.224 e. The molecule has 1 aliphatic heterocycles. The highest BCUT2D eigenvalue weighted by Crippen LogP contribution is 2.44. The molecule has 1 N–H and O–H groups in total. The molecule has 4 heteroatoms. The lowest BCUT2D eigenvalue weighted by Crippen LogP contribution is -2.25. The van der Waals surface area contributed by atoms with Crippen LogP contribution in [0, 0.1) is 19.3 Å². The largest absolute Gasteiger partial charge is 0.486 e. The van der Waals surface area contributed by atoms with Gasteiger partial charge in [0.15, 0.2) is 6.29 Å². The van der Waals surface area contributed by atoms with Crippen molar-refractivity contribution in [2.24, 2.45) is 5.41 Å². The van der Waals surface area contributed by atoms with Crippen LogP contribution in [0.15, 0.2) is 0 Å². The maximum atomic E-state index is 12.3. The molecule has 0 bridgehead atoms. The highest BCUT2D eigenvalue weighted by Gasteiger charge is 2.35. The van der Waals surface area contributed by atoms with Crippen molar-refractivity contribution in [3.8, 4) is 5.75 Å². The molecule has 0 saturated heterocycles. The molecule has 0 radical (unpaired) electrons. The van der Waals surface area contributed by atoms with Crippen LogP contribution in [-0.4, -0.2) is 17.8 Å². The first-order chi connectivity index (χ1) is 10.4. The van der Waals surface area contributed by atoms with E-state index in [0.29, 0.717) is 17.7 Å². The normalized spacial score (nSPS) is 15.8. The third-order valence-corrected chi connectivity index (χ3v) is 4.18. The van der Waals surface area contributed by atoms with Crippen molar-refractivity contribution in [1.29, 1.82) is 0 Å². The molecule has 1 aromatic carbocycles. The van der Waals surface area contributed by atoms with Crippen molar-refractivity contribution in [3.05, 3.63) is 22.3 Å². The Morgan fingerprint density at radius 1 is 1.26 bits per heavy atom. The van der Waals surface area contributed by atoms with Crippen LogP contribution in [-0.2, 0) is 11.2 Å². The minimum Gasteiger partial charge on any atom is -0.486 e.